The van der Waals surface area contributed by atoms with Gasteiger partial charge >= 0.3 is 12.0 Å². The number of aromatic nitrogens is 2. The number of halogens is 2. The predicted molar refractivity (Wildman–Crippen MR) is 161 cm³/mol. The lowest BCUT2D eigenvalue weighted by molar-refractivity contribution is 0.0694. The molecular weight excluding hydrogens is 613 g/mol. The number of piperazine rings is 1. The van der Waals surface area contributed by atoms with Gasteiger partial charge in [-0.15, -0.1) is 11.3 Å². The number of hydrogen-bond acceptors (Lipinski definition) is 6. The second-order valence-electron chi connectivity index (χ2n) is 9.97. The molecule has 12 heteroatoms. The van der Waals surface area contributed by atoms with Crippen molar-refractivity contribution in [1.29, 1.82) is 0 Å². The summed E-state index contributed by atoms with van der Waals surface area (Å²) in [4.78, 5) is 47.4. The van der Waals surface area contributed by atoms with E-state index in [1.165, 1.54) is 28.6 Å². The molecule has 1 aliphatic carbocycles. The van der Waals surface area contributed by atoms with E-state index >= 15 is 4.39 Å². The van der Waals surface area contributed by atoms with Crippen LogP contribution in [0.4, 0.5) is 20.0 Å². The number of fused-ring (bicyclic) bond motifs is 1. The summed E-state index contributed by atoms with van der Waals surface area (Å²) in [6.07, 6.45) is 4.56. The van der Waals surface area contributed by atoms with Crippen molar-refractivity contribution in [3.63, 3.8) is 0 Å². The number of hydrogen-bond donors (Lipinski definition) is 1. The summed E-state index contributed by atoms with van der Waals surface area (Å²) in [6.45, 7) is 5.26. The molecule has 2 amide bonds. The highest BCUT2D eigenvalue weighted by molar-refractivity contribution is 9.10. The number of pyridine rings is 1. The summed E-state index contributed by atoms with van der Waals surface area (Å²) in [6, 6.07) is 10.3. The summed E-state index contributed by atoms with van der Waals surface area (Å²) < 4.78 is 18.1. The quantitative estimate of drug-likeness (QED) is 0.280. The molecule has 1 N–H and O–H groups in total. The van der Waals surface area contributed by atoms with Crippen molar-refractivity contribution in [3.8, 4) is 11.3 Å². The van der Waals surface area contributed by atoms with Gasteiger partial charge in [0.2, 0.25) is 5.43 Å². The van der Waals surface area contributed by atoms with E-state index in [0.29, 0.717) is 42.5 Å². The summed E-state index contributed by atoms with van der Waals surface area (Å²) in [5.41, 5.74) is 1.47. The molecule has 0 bridgehead atoms. The van der Waals surface area contributed by atoms with Crippen LogP contribution in [0.25, 0.3) is 22.2 Å². The molecule has 41 heavy (non-hydrogen) atoms. The average molecular weight is 639 g/mol. The number of carboxylic acid groups (broad SMARTS) is 1. The van der Waals surface area contributed by atoms with Crippen LogP contribution in [0.2, 0.25) is 0 Å². The lowest BCUT2D eigenvalue weighted by atomic mass is 10.1. The summed E-state index contributed by atoms with van der Waals surface area (Å²) in [7, 11) is 0. The third-order valence-electron chi connectivity index (χ3n) is 7.39. The van der Waals surface area contributed by atoms with Gasteiger partial charge in [-0.2, -0.15) is 0 Å². The maximum absolute atomic E-state index is 15.3. The predicted octanol–water partition coefficient (Wildman–Crippen LogP) is 5.95. The number of carboxylic acids is 1. The van der Waals surface area contributed by atoms with Gasteiger partial charge in [0.15, 0.2) is 5.13 Å². The Kier molecular flexibility index (Phi) is 7.12. The zero-order valence-corrected chi connectivity index (χ0v) is 24.2. The molecule has 0 spiro atoms. The first-order chi connectivity index (χ1) is 19.7. The van der Waals surface area contributed by atoms with Gasteiger partial charge in [-0.05, 0) is 37.1 Å². The maximum atomic E-state index is 15.3. The molecule has 9 nitrogen and oxygen atoms in total. The number of thiazole rings is 1. The third-order valence-corrected chi connectivity index (χ3v) is 8.76. The fourth-order valence-corrected chi connectivity index (χ4v) is 6.15. The van der Waals surface area contributed by atoms with Gasteiger partial charge in [0.1, 0.15) is 11.4 Å². The first-order valence-corrected chi connectivity index (χ1v) is 14.7. The fourth-order valence-electron chi connectivity index (χ4n) is 5.07. The van der Waals surface area contributed by atoms with E-state index in [0.717, 1.165) is 34.6 Å². The average Bonchev–Trinajstić information content (AvgIpc) is 3.70. The monoisotopic (exact) mass is 637 g/mol. The molecule has 1 aliphatic heterocycles. The van der Waals surface area contributed by atoms with Crippen LogP contribution in [-0.2, 0) is 0 Å². The minimum Gasteiger partial charge on any atom is -0.477 e. The van der Waals surface area contributed by atoms with E-state index in [1.807, 2.05) is 34.5 Å². The van der Waals surface area contributed by atoms with Crippen LogP contribution < -0.4 is 15.2 Å². The Labute approximate surface area is 246 Å². The molecule has 2 fully saturated rings. The highest BCUT2D eigenvalue weighted by Crippen LogP contribution is 2.38. The maximum Gasteiger partial charge on any atom is 0.341 e. The summed E-state index contributed by atoms with van der Waals surface area (Å²) in [5.74, 6) is -1.93. The zero-order valence-electron chi connectivity index (χ0n) is 21.8. The minimum atomic E-state index is -1.33. The molecule has 3 heterocycles. The van der Waals surface area contributed by atoms with Crippen molar-refractivity contribution in [2.45, 2.75) is 18.9 Å². The SMILES string of the molecule is C=CN(C(=O)N1CCN(c2cc3c(cc2F)c(=O)c(C(=O)O)cn3C2CC2)CC1)c1nc(-c2ccc(Br)cc2)cs1. The van der Waals surface area contributed by atoms with Crippen molar-refractivity contribution in [1.82, 2.24) is 14.5 Å². The van der Waals surface area contributed by atoms with Crippen LogP contribution in [0, 0.1) is 5.82 Å². The standard InChI is InChI=1S/C29H25BrFN5O4S/c1-2-35(28-32-23(16-41-28)17-3-5-18(30)6-4-17)29(40)34-11-9-33(10-12-34)25-14-24-20(13-22(25)31)26(37)21(27(38)39)15-36(24)19-7-8-19/h2-6,13-16,19H,1,7-12H2,(H,38,39). The van der Waals surface area contributed by atoms with Gasteiger partial charge in [0, 0.05) is 65.4 Å². The number of aromatic carboxylic acids is 1. The normalized spacial score (nSPS) is 15.3. The lowest BCUT2D eigenvalue weighted by Gasteiger charge is -2.37. The highest BCUT2D eigenvalue weighted by atomic mass is 79.9. The van der Waals surface area contributed by atoms with E-state index in [-0.39, 0.29) is 23.0 Å². The number of benzene rings is 2. The number of carbonyl (C=O) groups is 2. The van der Waals surface area contributed by atoms with Gasteiger partial charge in [-0.25, -0.2) is 23.9 Å². The van der Waals surface area contributed by atoms with Crippen LogP contribution in [0.5, 0.6) is 0 Å². The molecule has 4 aromatic rings. The molecule has 2 aromatic heterocycles. The largest absolute Gasteiger partial charge is 0.477 e. The Hall–Kier alpha value is -4.03. The topological polar surface area (TPSA) is 99.0 Å². The minimum absolute atomic E-state index is 0.0550. The van der Waals surface area contributed by atoms with Gasteiger partial charge in [-0.1, -0.05) is 34.6 Å². The molecule has 6 rings (SSSR count). The van der Waals surface area contributed by atoms with Crippen molar-refractivity contribution < 1.29 is 19.1 Å². The smallest absolute Gasteiger partial charge is 0.341 e. The first kappa shape index (κ1) is 27.2. The second kappa shape index (κ2) is 10.7. The van der Waals surface area contributed by atoms with Crippen LogP contribution in [-0.4, -0.2) is 57.7 Å². The Morgan fingerprint density at radius 2 is 1.85 bits per heavy atom. The van der Waals surface area contributed by atoms with E-state index in [1.54, 1.807) is 15.5 Å². The molecule has 1 saturated heterocycles. The van der Waals surface area contributed by atoms with Gasteiger partial charge in [0.05, 0.1) is 16.9 Å². The van der Waals surface area contributed by atoms with Gasteiger partial charge < -0.3 is 19.5 Å². The molecule has 0 unspecified atom stereocenters. The van der Waals surface area contributed by atoms with Gasteiger partial charge in [-0.3, -0.25) is 4.79 Å². The van der Waals surface area contributed by atoms with Crippen molar-refractivity contribution in [2.75, 3.05) is 36.0 Å². The van der Waals surface area contributed by atoms with Crippen molar-refractivity contribution >= 4 is 61.0 Å². The lowest BCUT2D eigenvalue weighted by Crippen LogP contribution is -2.52. The Balaban J connectivity index is 1.20. The van der Waals surface area contributed by atoms with Crippen LogP contribution >= 0.6 is 27.3 Å². The molecule has 210 valence electrons. The molecule has 1 saturated carbocycles. The van der Waals surface area contributed by atoms with Crippen LogP contribution in [0.1, 0.15) is 29.2 Å². The third kappa shape index (κ3) is 5.13. The summed E-state index contributed by atoms with van der Waals surface area (Å²) in [5, 5.41) is 11.9. The Bertz CT molecular complexity index is 1740. The number of urea groups is 1. The first-order valence-electron chi connectivity index (χ1n) is 13.0. The summed E-state index contributed by atoms with van der Waals surface area (Å²) >= 11 is 4.78. The van der Waals surface area contributed by atoms with Crippen molar-refractivity contribution in [3.05, 3.63) is 86.8 Å². The Morgan fingerprint density at radius 3 is 2.49 bits per heavy atom. The molecule has 0 atom stereocenters. The van der Waals surface area contributed by atoms with E-state index in [9.17, 15) is 19.5 Å². The number of anilines is 2. The van der Waals surface area contributed by atoms with Crippen LogP contribution in [0.3, 0.4) is 0 Å². The number of nitrogens with zero attached hydrogens (tertiary/aromatic N) is 5. The molecule has 2 aliphatic rings. The fraction of sp³-hybridized carbons (Fsp3) is 0.241. The molecule has 2 aromatic carbocycles. The second-order valence-corrected chi connectivity index (χ2v) is 11.7. The van der Waals surface area contributed by atoms with Crippen molar-refractivity contribution in [2.24, 2.45) is 0 Å². The van der Waals surface area contributed by atoms with Gasteiger partial charge in [0.25, 0.3) is 0 Å². The van der Waals surface area contributed by atoms with E-state index in [2.05, 4.69) is 27.5 Å². The zero-order chi connectivity index (χ0) is 28.8. The number of rotatable bonds is 6. The number of carbonyl (C=O) groups excluding carboxylic acids is 1. The van der Waals surface area contributed by atoms with E-state index in [4.69, 9.17) is 0 Å². The Morgan fingerprint density at radius 1 is 1.15 bits per heavy atom. The highest BCUT2D eigenvalue weighted by Gasteiger charge is 2.30. The van der Waals surface area contributed by atoms with Crippen LogP contribution in [0.15, 0.2) is 70.0 Å². The molecular formula is C29H25BrFN5O4S. The molecule has 0 radical (unpaired) electrons. The van der Waals surface area contributed by atoms with E-state index < -0.39 is 17.2 Å². The number of amides is 2.